The molecule has 1 aliphatic heterocycles. The summed E-state index contributed by atoms with van der Waals surface area (Å²) in [6, 6.07) is 22.9. The molecule has 0 unspecified atom stereocenters. The van der Waals surface area contributed by atoms with Gasteiger partial charge in [-0.1, -0.05) is 92.7 Å². The van der Waals surface area contributed by atoms with E-state index in [1.165, 1.54) is 0 Å². The van der Waals surface area contributed by atoms with Gasteiger partial charge in [-0.3, -0.25) is 4.79 Å². The molecule has 9 heteroatoms. The van der Waals surface area contributed by atoms with Crippen molar-refractivity contribution in [3.63, 3.8) is 0 Å². The van der Waals surface area contributed by atoms with E-state index in [0.717, 1.165) is 28.7 Å². The van der Waals surface area contributed by atoms with E-state index < -0.39 is 30.3 Å². The second kappa shape index (κ2) is 16.1. The van der Waals surface area contributed by atoms with Crippen LogP contribution in [0.15, 0.2) is 78.9 Å². The van der Waals surface area contributed by atoms with E-state index in [1.807, 2.05) is 107 Å². The lowest BCUT2D eigenvalue weighted by Crippen LogP contribution is -2.59. The van der Waals surface area contributed by atoms with Crippen LogP contribution in [0.2, 0.25) is 0 Å². The van der Waals surface area contributed by atoms with Crippen LogP contribution in [-0.2, 0) is 17.6 Å². The van der Waals surface area contributed by atoms with Gasteiger partial charge < -0.3 is 30.7 Å². The fourth-order valence-electron chi connectivity index (χ4n) is 5.94. The number of ether oxygens (including phenoxy) is 1. The first-order valence-corrected chi connectivity index (χ1v) is 15.8. The highest BCUT2D eigenvalue weighted by atomic mass is 16.6. The van der Waals surface area contributed by atoms with Crippen molar-refractivity contribution in [1.29, 1.82) is 0 Å². The molecule has 1 aliphatic rings. The summed E-state index contributed by atoms with van der Waals surface area (Å²) in [5.41, 5.74) is 3.60. The summed E-state index contributed by atoms with van der Waals surface area (Å²) in [4.78, 5) is 41.3. The lowest BCUT2D eigenvalue weighted by atomic mass is 9.93. The predicted molar refractivity (Wildman–Crippen MR) is 175 cm³/mol. The number of urea groups is 1. The van der Waals surface area contributed by atoms with E-state index in [2.05, 4.69) is 16.0 Å². The minimum Gasteiger partial charge on any atom is -0.410 e. The monoisotopic (exact) mass is 614 g/mol. The molecule has 0 radical (unpaired) electrons. The molecule has 240 valence electrons. The van der Waals surface area contributed by atoms with Crippen molar-refractivity contribution in [3.05, 3.63) is 101 Å². The minimum atomic E-state index is -1.03. The molecule has 0 bridgehead atoms. The van der Waals surface area contributed by atoms with Crippen molar-refractivity contribution < 1.29 is 24.2 Å². The van der Waals surface area contributed by atoms with Gasteiger partial charge in [0.15, 0.2) is 0 Å². The first kappa shape index (κ1) is 33.5. The Morgan fingerprint density at radius 1 is 0.889 bits per heavy atom. The molecule has 4 N–H and O–H groups in total. The number of hydrogen-bond donors (Lipinski definition) is 4. The summed E-state index contributed by atoms with van der Waals surface area (Å²) in [6.07, 6.45) is 0.0647. The van der Waals surface area contributed by atoms with Crippen LogP contribution in [0.25, 0.3) is 0 Å². The number of hydrogen-bond acceptors (Lipinski definition) is 5. The summed E-state index contributed by atoms with van der Waals surface area (Å²) in [6.45, 7) is 8.69. The van der Waals surface area contributed by atoms with Crippen LogP contribution in [0.1, 0.15) is 48.9 Å². The number of carbonyl (C=O) groups is 3. The number of rotatable bonds is 13. The third-order valence-electron chi connectivity index (χ3n) is 8.22. The van der Waals surface area contributed by atoms with Gasteiger partial charge in [0.05, 0.1) is 12.1 Å². The van der Waals surface area contributed by atoms with Gasteiger partial charge in [0.2, 0.25) is 5.91 Å². The Kier molecular flexibility index (Phi) is 12.0. The molecule has 0 aliphatic carbocycles. The fraction of sp³-hybridized carbons (Fsp3) is 0.417. The lowest BCUT2D eigenvalue weighted by molar-refractivity contribution is -0.128. The second-order valence-electron chi connectivity index (χ2n) is 12.2. The normalized spacial score (nSPS) is 15.9. The fourth-order valence-corrected chi connectivity index (χ4v) is 5.94. The minimum absolute atomic E-state index is 0.122. The molecule has 1 saturated heterocycles. The van der Waals surface area contributed by atoms with E-state index in [4.69, 9.17) is 4.74 Å². The van der Waals surface area contributed by atoms with Gasteiger partial charge in [0.1, 0.15) is 11.8 Å². The number of benzene rings is 3. The van der Waals surface area contributed by atoms with Gasteiger partial charge in [0, 0.05) is 19.1 Å². The highest BCUT2D eigenvalue weighted by molar-refractivity contribution is 5.87. The molecule has 3 aromatic carbocycles. The summed E-state index contributed by atoms with van der Waals surface area (Å²) in [7, 11) is 0. The standard InChI is InChI=1S/C36H46N4O5/c1-24(2)32(40-20-12-19-37-35(40)43)34(42)38-29(21-27-15-7-5-8-16-27)23-31(41)30(22-28-17-9-6-10-18-28)39-36(44)45-33-25(3)13-11-14-26(33)4/h5-11,13-18,24,29-32,41H,12,19-23H2,1-4H3,(H,37,43)(H,38,42)(H,39,44)/t29-,30-,31-,32-/m0/s1. The molecule has 4 amide bonds. The maximum Gasteiger partial charge on any atom is 0.412 e. The van der Waals surface area contributed by atoms with E-state index in [9.17, 15) is 19.5 Å². The molecule has 0 spiro atoms. The molecule has 0 aromatic heterocycles. The van der Waals surface area contributed by atoms with Crippen molar-refractivity contribution in [2.45, 2.75) is 77.6 Å². The summed E-state index contributed by atoms with van der Waals surface area (Å²) < 4.78 is 5.72. The van der Waals surface area contributed by atoms with E-state index in [1.54, 1.807) is 4.90 Å². The quantitative estimate of drug-likeness (QED) is 0.218. The summed E-state index contributed by atoms with van der Waals surface area (Å²) in [5, 5.41) is 20.6. The molecular weight excluding hydrogens is 568 g/mol. The van der Waals surface area contributed by atoms with Crippen LogP contribution in [0.4, 0.5) is 9.59 Å². The number of aryl methyl sites for hydroxylation is 2. The number of aliphatic hydroxyl groups excluding tert-OH is 1. The number of para-hydroxylation sites is 1. The molecule has 3 aromatic rings. The average Bonchev–Trinajstić information content (AvgIpc) is 3.00. The maximum absolute atomic E-state index is 13.8. The Bertz CT molecular complexity index is 1400. The molecule has 1 heterocycles. The zero-order valence-corrected chi connectivity index (χ0v) is 26.7. The molecular formula is C36H46N4O5. The maximum atomic E-state index is 13.8. The van der Waals surface area contributed by atoms with Crippen LogP contribution in [-0.4, -0.2) is 65.4 Å². The molecule has 1 fully saturated rings. The molecule has 4 rings (SSSR count). The van der Waals surface area contributed by atoms with Gasteiger partial charge in [0.25, 0.3) is 0 Å². The third kappa shape index (κ3) is 9.56. The van der Waals surface area contributed by atoms with Crippen LogP contribution in [0.5, 0.6) is 5.75 Å². The average molecular weight is 615 g/mol. The Labute approximate surface area is 266 Å². The number of amides is 4. The van der Waals surface area contributed by atoms with Crippen molar-refractivity contribution in [2.75, 3.05) is 13.1 Å². The number of aliphatic hydroxyl groups is 1. The molecule has 9 nitrogen and oxygen atoms in total. The lowest BCUT2D eigenvalue weighted by Gasteiger charge is -2.37. The van der Waals surface area contributed by atoms with Crippen molar-refractivity contribution in [3.8, 4) is 5.75 Å². The van der Waals surface area contributed by atoms with Gasteiger partial charge in [-0.15, -0.1) is 0 Å². The highest BCUT2D eigenvalue weighted by Gasteiger charge is 2.35. The zero-order chi connectivity index (χ0) is 32.3. The molecule has 45 heavy (non-hydrogen) atoms. The Morgan fingerprint density at radius 2 is 1.49 bits per heavy atom. The topological polar surface area (TPSA) is 120 Å². The van der Waals surface area contributed by atoms with Gasteiger partial charge >= 0.3 is 12.1 Å². The van der Waals surface area contributed by atoms with Crippen molar-refractivity contribution in [1.82, 2.24) is 20.9 Å². The second-order valence-corrected chi connectivity index (χ2v) is 12.2. The Hall–Kier alpha value is -4.37. The SMILES string of the molecule is Cc1cccc(C)c1OC(=O)N[C@@H](Cc1ccccc1)[C@@H](O)C[C@H](Cc1ccccc1)NC(=O)[C@H](C(C)C)N1CCCNC1=O. The van der Waals surface area contributed by atoms with Crippen LogP contribution in [0.3, 0.4) is 0 Å². The smallest absolute Gasteiger partial charge is 0.410 e. The molecule has 0 saturated carbocycles. The number of nitrogens with one attached hydrogen (secondary N) is 3. The van der Waals surface area contributed by atoms with Crippen molar-refractivity contribution >= 4 is 18.0 Å². The van der Waals surface area contributed by atoms with Crippen LogP contribution < -0.4 is 20.7 Å². The van der Waals surface area contributed by atoms with Crippen LogP contribution >= 0.6 is 0 Å². The molecule has 4 atom stereocenters. The summed E-state index contributed by atoms with van der Waals surface area (Å²) in [5.74, 6) is 0.0964. The Balaban J connectivity index is 1.55. The summed E-state index contributed by atoms with van der Waals surface area (Å²) >= 11 is 0. The number of carbonyl (C=O) groups excluding carboxylic acids is 3. The first-order chi connectivity index (χ1) is 21.6. The number of nitrogens with zero attached hydrogens (tertiary/aromatic N) is 1. The van der Waals surface area contributed by atoms with E-state index in [0.29, 0.717) is 31.7 Å². The van der Waals surface area contributed by atoms with E-state index in [-0.39, 0.29) is 24.3 Å². The Morgan fingerprint density at radius 3 is 2.07 bits per heavy atom. The third-order valence-corrected chi connectivity index (χ3v) is 8.22. The zero-order valence-electron chi connectivity index (χ0n) is 26.7. The van der Waals surface area contributed by atoms with Gasteiger partial charge in [-0.05, 0) is 67.7 Å². The largest absolute Gasteiger partial charge is 0.412 e. The first-order valence-electron chi connectivity index (χ1n) is 15.8. The highest BCUT2D eigenvalue weighted by Crippen LogP contribution is 2.23. The van der Waals surface area contributed by atoms with E-state index >= 15 is 0 Å². The predicted octanol–water partition coefficient (Wildman–Crippen LogP) is 4.92. The van der Waals surface area contributed by atoms with Gasteiger partial charge in [-0.25, -0.2) is 9.59 Å². The van der Waals surface area contributed by atoms with Crippen LogP contribution in [0, 0.1) is 19.8 Å². The van der Waals surface area contributed by atoms with Gasteiger partial charge in [-0.2, -0.15) is 0 Å². The van der Waals surface area contributed by atoms with Crippen molar-refractivity contribution in [2.24, 2.45) is 5.92 Å².